The van der Waals surface area contributed by atoms with Gasteiger partial charge in [-0.05, 0) is 57.0 Å². The molecule has 102 valence electrons. The lowest BCUT2D eigenvalue weighted by molar-refractivity contribution is -0.0249. The van der Waals surface area contributed by atoms with E-state index in [1.54, 1.807) is 6.07 Å². The van der Waals surface area contributed by atoms with E-state index in [0.717, 1.165) is 36.7 Å². The Kier molecular flexibility index (Phi) is 3.29. The van der Waals surface area contributed by atoms with E-state index in [-0.39, 0.29) is 0 Å². The zero-order valence-corrected chi connectivity index (χ0v) is 11.7. The van der Waals surface area contributed by atoms with E-state index in [1.807, 2.05) is 25.2 Å². The molecule has 4 heteroatoms. The maximum absolute atomic E-state index is 10.8. The minimum atomic E-state index is -0.834. The summed E-state index contributed by atoms with van der Waals surface area (Å²) in [6.07, 6.45) is 3.38. The molecule has 0 bridgehead atoms. The SMILES string of the molecule is CNC1CCC(O)(c2cc3cc(Cl)ccc3o2)CC1. The van der Waals surface area contributed by atoms with Crippen LogP contribution < -0.4 is 5.32 Å². The predicted molar refractivity (Wildman–Crippen MR) is 76.4 cm³/mol. The summed E-state index contributed by atoms with van der Waals surface area (Å²) in [6, 6.07) is 7.94. The molecule has 2 aromatic rings. The van der Waals surface area contributed by atoms with Crippen LogP contribution in [-0.2, 0) is 5.60 Å². The van der Waals surface area contributed by atoms with E-state index >= 15 is 0 Å². The monoisotopic (exact) mass is 279 g/mol. The first-order valence-corrected chi connectivity index (χ1v) is 7.08. The summed E-state index contributed by atoms with van der Waals surface area (Å²) in [5, 5.41) is 15.7. The molecule has 1 aliphatic rings. The van der Waals surface area contributed by atoms with Gasteiger partial charge in [-0.1, -0.05) is 11.6 Å². The molecule has 0 unspecified atom stereocenters. The van der Waals surface area contributed by atoms with Gasteiger partial charge in [0, 0.05) is 16.5 Å². The Morgan fingerprint density at radius 3 is 2.74 bits per heavy atom. The van der Waals surface area contributed by atoms with Crippen molar-refractivity contribution in [3.63, 3.8) is 0 Å². The molecule has 1 aliphatic carbocycles. The Hall–Kier alpha value is -1.03. The molecule has 0 saturated heterocycles. The Labute approximate surface area is 117 Å². The maximum Gasteiger partial charge on any atom is 0.136 e. The molecule has 1 heterocycles. The van der Waals surface area contributed by atoms with E-state index in [4.69, 9.17) is 16.0 Å². The van der Waals surface area contributed by atoms with Crippen LogP contribution in [0.5, 0.6) is 0 Å². The second kappa shape index (κ2) is 4.82. The van der Waals surface area contributed by atoms with Crippen molar-refractivity contribution in [1.29, 1.82) is 0 Å². The molecule has 0 spiro atoms. The largest absolute Gasteiger partial charge is 0.458 e. The van der Waals surface area contributed by atoms with Crippen molar-refractivity contribution < 1.29 is 9.52 Å². The van der Waals surface area contributed by atoms with E-state index in [9.17, 15) is 5.11 Å². The van der Waals surface area contributed by atoms with Gasteiger partial charge in [0.1, 0.15) is 16.9 Å². The fourth-order valence-electron chi connectivity index (χ4n) is 2.87. The third-order valence-corrected chi connectivity index (χ3v) is 4.39. The van der Waals surface area contributed by atoms with Crippen LogP contribution in [0.3, 0.4) is 0 Å². The number of benzene rings is 1. The molecule has 1 aromatic carbocycles. The van der Waals surface area contributed by atoms with Crippen molar-refractivity contribution in [1.82, 2.24) is 5.32 Å². The molecule has 1 aromatic heterocycles. The van der Waals surface area contributed by atoms with Gasteiger partial charge >= 0.3 is 0 Å². The number of hydrogen-bond donors (Lipinski definition) is 2. The van der Waals surface area contributed by atoms with Crippen molar-refractivity contribution in [2.24, 2.45) is 0 Å². The van der Waals surface area contributed by atoms with Crippen molar-refractivity contribution in [3.8, 4) is 0 Å². The van der Waals surface area contributed by atoms with Gasteiger partial charge in [-0.15, -0.1) is 0 Å². The standard InChI is InChI=1S/C15H18ClNO2/c1-17-12-4-6-15(18,7-5-12)14-9-10-8-11(16)2-3-13(10)19-14/h2-3,8-9,12,17-18H,4-7H2,1H3. The van der Waals surface area contributed by atoms with Gasteiger partial charge in [0.2, 0.25) is 0 Å². The summed E-state index contributed by atoms with van der Waals surface area (Å²) in [5.74, 6) is 0.666. The van der Waals surface area contributed by atoms with Crippen LogP contribution in [0.4, 0.5) is 0 Å². The zero-order valence-electron chi connectivity index (χ0n) is 10.9. The average Bonchev–Trinajstić information content (AvgIpc) is 2.83. The number of nitrogens with one attached hydrogen (secondary N) is 1. The minimum Gasteiger partial charge on any atom is -0.458 e. The summed E-state index contributed by atoms with van der Waals surface area (Å²) in [5.41, 5.74) is -0.0534. The van der Waals surface area contributed by atoms with Gasteiger partial charge < -0.3 is 14.8 Å². The molecule has 3 rings (SSSR count). The summed E-state index contributed by atoms with van der Waals surface area (Å²) in [4.78, 5) is 0. The summed E-state index contributed by atoms with van der Waals surface area (Å²) in [6.45, 7) is 0. The number of aliphatic hydroxyl groups is 1. The van der Waals surface area contributed by atoms with Gasteiger partial charge in [-0.2, -0.15) is 0 Å². The number of rotatable bonds is 2. The number of halogens is 1. The second-order valence-electron chi connectivity index (χ2n) is 5.39. The van der Waals surface area contributed by atoms with Gasteiger partial charge in [0.05, 0.1) is 0 Å². The Bertz CT molecular complexity index is 585. The third-order valence-electron chi connectivity index (χ3n) is 4.16. The van der Waals surface area contributed by atoms with Crippen LogP contribution in [0, 0.1) is 0 Å². The van der Waals surface area contributed by atoms with Crippen molar-refractivity contribution in [2.75, 3.05) is 7.05 Å². The van der Waals surface area contributed by atoms with Crippen LogP contribution >= 0.6 is 11.6 Å². The van der Waals surface area contributed by atoms with Crippen molar-refractivity contribution in [3.05, 3.63) is 35.0 Å². The number of furan rings is 1. The zero-order chi connectivity index (χ0) is 13.5. The normalized spacial score (nSPS) is 27.8. The first-order valence-electron chi connectivity index (χ1n) is 6.70. The van der Waals surface area contributed by atoms with E-state index in [1.165, 1.54) is 0 Å². The summed E-state index contributed by atoms with van der Waals surface area (Å²) in [7, 11) is 1.97. The fourth-order valence-corrected chi connectivity index (χ4v) is 3.05. The first-order chi connectivity index (χ1) is 9.10. The molecule has 1 fully saturated rings. The lowest BCUT2D eigenvalue weighted by atomic mass is 9.80. The highest BCUT2D eigenvalue weighted by molar-refractivity contribution is 6.31. The second-order valence-corrected chi connectivity index (χ2v) is 5.82. The molecular weight excluding hydrogens is 262 g/mol. The van der Waals surface area contributed by atoms with Crippen LogP contribution in [0.2, 0.25) is 5.02 Å². The van der Waals surface area contributed by atoms with Crippen LogP contribution in [-0.4, -0.2) is 18.2 Å². The molecule has 0 aliphatic heterocycles. The first kappa shape index (κ1) is 13.0. The molecule has 0 radical (unpaired) electrons. The molecular formula is C15H18ClNO2. The highest BCUT2D eigenvalue weighted by Crippen LogP contribution is 2.39. The Morgan fingerprint density at radius 2 is 2.05 bits per heavy atom. The quantitative estimate of drug-likeness (QED) is 0.885. The third kappa shape index (κ3) is 2.38. The predicted octanol–water partition coefficient (Wildman–Crippen LogP) is 3.44. The van der Waals surface area contributed by atoms with E-state index < -0.39 is 5.60 Å². The van der Waals surface area contributed by atoms with E-state index in [2.05, 4.69) is 5.32 Å². The van der Waals surface area contributed by atoms with Crippen LogP contribution in [0.15, 0.2) is 28.7 Å². The van der Waals surface area contributed by atoms with Gasteiger partial charge in [-0.25, -0.2) is 0 Å². The average molecular weight is 280 g/mol. The summed E-state index contributed by atoms with van der Waals surface area (Å²) >= 11 is 5.97. The Balaban J connectivity index is 1.91. The minimum absolute atomic E-state index is 0.499. The molecule has 19 heavy (non-hydrogen) atoms. The van der Waals surface area contributed by atoms with Crippen molar-refractivity contribution >= 4 is 22.6 Å². The molecule has 1 saturated carbocycles. The Morgan fingerprint density at radius 1 is 1.32 bits per heavy atom. The smallest absolute Gasteiger partial charge is 0.136 e. The van der Waals surface area contributed by atoms with Gasteiger partial charge in [0.25, 0.3) is 0 Å². The topological polar surface area (TPSA) is 45.4 Å². The van der Waals surface area contributed by atoms with E-state index in [0.29, 0.717) is 16.8 Å². The fraction of sp³-hybridized carbons (Fsp3) is 0.467. The highest BCUT2D eigenvalue weighted by Gasteiger charge is 2.37. The molecule has 0 amide bonds. The highest BCUT2D eigenvalue weighted by atomic mass is 35.5. The maximum atomic E-state index is 10.8. The lowest BCUT2D eigenvalue weighted by Crippen LogP contribution is -2.38. The van der Waals surface area contributed by atoms with Crippen LogP contribution in [0.1, 0.15) is 31.4 Å². The van der Waals surface area contributed by atoms with Crippen LogP contribution in [0.25, 0.3) is 11.0 Å². The van der Waals surface area contributed by atoms with Crippen molar-refractivity contribution in [2.45, 2.75) is 37.3 Å². The molecule has 2 N–H and O–H groups in total. The van der Waals surface area contributed by atoms with Gasteiger partial charge in [-0.3, -0.25) is 0 Å². The molecule has 0 atom stereocenters. The summed E-state index contributed by atoms with van der Waals surface area (Å²) < 4.78 is 5.81. The molecule has 3 nitrogen and oxygen atoms in total. The number of fused-ring (bicyclic) bond motifs is 1. The number of hydrogen-bond acceptors (Lipinski definition) is 3. The van der Waals surface area contributed by atoms with Gasteiger partial charge in [0.15, 0.2) is 0 Å². The lowest BCUT2D eigenvalue weighted by Gasteiger charge is -2.34.